The molecule has 0 radical (unpaired) electrons. The largest absolute Gasteiger partial charge is 0.508 e. The standard InChI is InChI=1S/C23H28O4/c1-13-7-19-15(9-17(13)24)21(3,4)11-23(26-19)12-22(5,6)16-10-18(25)14(2)8-20(16)27-23/h7-10,24-25H,11-12H2,1-6H3. The minimum Gasteiger partial charge on any atom is -0.508 e. The fourth-order valence-electron chi connectivity index (χ4n) is 4.73. The Morgan fingerprint density at radius 1 is 0.704 bits per heavy atom. The van der Waals surface area contributed by atoms with Crippen molar-refractivity contribution in [3.63, 3.8) is 0 Å². The monoisotopic (exact) mass is 368 g/mol. The van der Waals surface area contributed by atoms with Crippen molar-refractivity contribution in [2.24, 2.45) is 0 Å². The molecule has 0 atom stereocenters. The Morgan fingerprint density at radius 3 is 1.44 bits per heavy atom. The lowest BCUT2D eigenvalue weighted by molar-refractivity contribution is -0.166. The Bertz CT molecular complexity index is 862. The molecule has 4 rings (SSSR count). The van der Waals surface area contributed by atoms with E-state index in [1.54, 1.807) is 0 Å². The summed E-state index contributed by atoms with van der Waals surface area (Å²) in [6.07, 6.45) is 1.36. The van der Waals surface area contributed by atoms with Crippen molar-refractivity contribution in [3.8, 4) is 23.0 Å². The second-order valence-electron chi connectivity index (χ2n) is 9.51. The third kappa shape index (κ3) is 2.73. The van der Waals surface area contributed by atoms with Gasteiger partial charge in [0.05, 0.1) is 0 Å². The minimum absolute atomic E-state index is 0.210. The highest BCUT2D eigenvalue weighted by molar-refractivity contribution is 5.53. The lowest BCUT2D eigenvalue weighted by Crippen LogP contribution is -2.55. The van der Waals surface area contributed by atoms with Crippen LogP contribution < -0.4 is 9.47 Å². The molecule has 2 aromatic rings. The van der Waals surface area contributed by atoms with Gasteiger partial charge in [0.15, 0.2) is 0 Å². The first-order chi connectivity index (χ1) is 12.4. The zero-order valence-corrected chi connectivity index (χ0v) is 16.9. The molecule has 144 valence electrons. The van der Waals surface area contributed by atoms with E-state index in [1.807, 2.05) is 38.1 Å². The molecule has 0 fully saturated rings. The number of benzene rings is 2. The van der Waals surface area contributed by atoms with Gasteiger partial charge in [0.2, 0.25) is 0 Å². The first kappa shape index (κ1) is 18.0. The summed E-state index contributed by atoms with van der Waals surface area (Å²) in [6.45, 7) is 12.4. The molecule has 2 aliphatic heterocycles. The predicted octanol–water partition coefficient (Wildman–Crippen LogP) is 5.23. The van der Waals surface area contributed by atoms with Crippen molar-refractivity contribution < 1.29 is 19.7 Å². The molecule has 2 aliphatic rings. The van der Waals surface area contributed by atoms with E-state index < -0.39 is 5.79 Å². The van der Waals surface area contributed by atoms with Crippen LogP contribution in [0.4, 0.5) is 0 Å². The molecule has 2 N–H and O–H groups in total. The van der Waals surface area contributed by atoms with Crippen LogP contribution in [0.5, 0.6) is 23.0 Å². The second-order valence-corrected chi connectivity index (χ2v) is 9.51. The van der Waals surface area contributed by atoms with E-state index in [4.69, 9.17) is 9.47 Å². The average Bonchev–Trinajstić information content (AvgIpc) is 2.50. The summed E-state index contributed by atoms with van der Waals surface area (Å²) >= 11 is 0. The fraction of sp³-hybridized carbons (Fsp3) is 0.478. The van der Waals surface area contributed by atoms with Crippen LogP contribution in [0.3, 0.4) is 0 Å². The van der Waals surface area contributed by atoms with Crippen LogP contribution in [-0.4, -0.2) is 16.0 Å². The average molecular weight is 368 g/mol. The van der Waals surface area contributed by atoms with E-state index in [0.29, 0.717) is 24.3 Å². The molecule has 27 heavy (non-hydrogen) atoms. The van der Waals surface area contributed by atoms with Crippen LogP contribution in [0, 0.1) is 13.8 Å². The maximum Gasteiger partial charge on any atom is 0.252 e. The smallest absolute Gasteiger partial charge is 0.252 e. The van der Waals surface area contributed by atoms with Crippen molar-refractivity contribution in [3.05, 3.63) is 46.5 Å². The van der Waals surface area contributed by atoms with Crippen molar-refractivity contribution in [2.75, 3.05) is 0 Å². The quantitative estimate of drug-likeness (QED) is 0.668. The summed E-state index contributed by atoms with van der Waals surface area (Å²) in [4.78, 5) is 0. The van der Waals surface area contributed by atoms with Crippen molar-refractivity contribution in [1.82, 2.24) is 0 Å². The molecule has 4 nitrogen and oxygen atoms in total. The zero-order chi connectivity index (χ0) is 19.8. The van der Waals surface area contributed by atoms with Gasteiger partial charge < -0.3 is 19.7 Å². The number of ether oxygens (including phenoxy) is 2. The molecule has 2 heterocycles. The van der Waals surface area contributed by atoms with E-state index in [1.165, 1.54) is 0 Å². The Hall–Kier alpha value is -2.36. The topological polar surface area (TPSA) is 58.9 Å². The summed E-state index contributed by atoms with van der Waals surface area (Å²) in [7, 11) is 0. The van der Waals surface area contributed by atoms with E-state index in [-0.39, 0.29) is 10.8 Å². The summed E-state index contributed by atoms with van der Waals surface area (Å²) in [5.74, 6) is 1.36. The molecule has 0 saturated carbocycles. The maximum atomic E-state index is 10.2. The van der Waals surface area contributed by atoms with Gasteiger partial charge in [-0.05, 0) is 49.2 Å². The normalized spacial score (nSPS) is 21.0. The molecule has 1 spiro atoms. The third-order valence-corrected chi connectivity index (χ3v) is 6.07. The third-order valence-electron chi connectivity index (χ3n) is 6.07. The fourth-order valence-corrected chi connectivity index (χ4v) is 4.73. The molecule has 0 aromatic heterocycles. The number of aromatic hydroxyl groups is 2. The summed E-state index contributed by atoms with van der Waals surface area (Å²) in [5.41, 5.74) is 3.17. The van der Waals surface area contributed by atoms with E-state index in [0.717, 1.165) is 33.8 Å². The predicted molar refractivity (Wildman–Crippen MR) is 105 cm³/mol. The highest BCUT2D eigenvalue weighted by Gasteiger charge is 2.53. The van der Waals surface area contributed by atoms with E-state index in [9.17, 15) is 10.2 Å². The van der Waals surface area contributed by atoms with Gasteiger partial charge in [0.1, 0.15) is 23.0 Å². The van der Waals surface area contributed by atoms with Gasteiger partial charge in [-0.2, -0.15) is 0 Å². The van der Waals surface area contributed by atoms with E-state index in [2.05, 4.69) is 27.7 Å². The number of hydrogen-bond donors (Lipinski definition) is 2. The zero-order valence-electron chi connectivity index (χ0n) is 16.9. The number of hydrogen-bond acceptors (Lipinski definition) is 4. The lowest BCUT2D eigenvalue weighted by Gasteiger charge is -2.51. The molecule has 0 aliphatic carbocycles. The lowest BCUT2D eigenvalue weighted by atomic mass is 9.69. The van der Waals surface area contributed by atoms with Gasteiger partial charge >= 0.3 is 0 Å². The summed E-state index contributed by atoms with van der Waals surface area (Å²) in [5, 5.41) is 20.3. The molecule has 0 amide bonds. The minimum atomic E-state index is -0.778. The first-order valence-corrected chi connectivity index (χ1v) is 9.49. The SMILES string of the molecule is Cc1cc2c(cc1O)C(C)(C)CC1(CC(C)(C)c3cc(O)c(C)cc3O1)O2. The van der Waals surface area contributed by atoms with Gasteiger partial charge in [-0.3, -0.25) is 0 Å². The number of aryl methyl sites for hydroxylation is 2. The molecule has 0 unspecified atom stereocenters. The molecular formula is C23H28O4. The molecule has 2 aromatic carbocycles. The van der Waals surface area contributed by atoms with Crippen LogP contribution >= 0.6 is 0 Å². The van der Waals surface area contributed by atoms with Gasteiger partial charge in [-0.15, -0.1) is 0 Å². The highest BCUT2D eigenvalue weighted by Crippen LogP contribution is 2.54. The van der Waals surface area contributed by atoms with Crippen LogP contribution in [0.1, 0.15) is 62.8 Å². The van der Waals surface area contributed by atoms with Crippen LogP contribution in [0.25, 0.3) is 0 Å². The Balaban J connectivity index is 1.85. The Kier molecular flexibility index (Phi) is 3.56. The van der Waals surface area contributed by atoms with Crippen molar-refractivity contribution >= 4 is 0 Å². The van der Waals surface area contributed by atoms with Crippen LogP contribution in [-0.2, 0) is 10.8 Å². The molecule has 0 bridgehead atoms. The number of phenols is 2. The van der Waals surface area contributed by atoms with E-state index >= 15 is 0 Å². The highest BCUT2D eigenvalue weighted by atomic mass is 16.7. The second kappa shape index (κ2) is 5.34. The molecule has 0 saturated heterocycles. The van der Waals surface area contributed by atoms with Crippen molar-refractivity contribution in [1.29, 1.82) is 0 Å². The maximum absolute atomic E-state index is 10.2. The summed E-state index contributed by atoms with van der Waals surface area (Å²) in [6, 6.07) is 7.45. The van der Waals surface area contributed by atoms with Crippen molar-refractivity contribution in [2.45, 2.75) is 71.0 Å². The van der Waals surface area contributed by atoms with Gasteiger partial charge in [0.25, 0.3) is 5.79 Å². The Morgan fingerprint density at radius 2 is 1.07 bits per heavy atom. The first-order valence-electron chi connectivity index (χ1n) is 9.49. The van der Waals surface area contributed by atoms with Crippen LogP contribution in [0.15, 0.2) is 24.3 Å². The van der Waals surface area contributed by atoms with Gasteiger partial charge in [0, 0.05) is 34.8 Å². The number of phenolic OH excluding ortho intramolecular Hbond substituents is 2. The number of fused-ring (bicyclic) bond motifs is 2. The van der Waals surface area contributed by atoms with Gasteiger partial charge in [-0.1, -0.05) is 27.7 Å². The molecule has 4 heteroatoms. The summed E-state index contributed by atoms with van der Waals surface area (Å²) < 4.78 is 13.0. The molecular weight excluding hydrogens is 340 g/mol. The Labute approximate surface area is 160 Å². The number of rotatable bonds is 0. The van der Waals surface area contributed by atoms with Gasteiger partial charge in [-0.25, -0.2) is 0 Å². The van der Waals surface area contributed by atoms with Crippen LogP contribution in [0.2, 0.25) is 0 Å².